The molecule has 0 radical (unpaired) electrons. The molecule has 1 saturated heterocycles. The summed E-state index contributed by atoms with van der Waals surface area (Å²) in [5, 5.41) is 47.2. The summed E-state index contributed by atoms with van der Waals surface area (Å²) in [6.07, 6.45) is 0.0191. The number of unbranched alkanes of at least 4 members (excludes halogenated alkanes) is 1. The lowest BCUT2D eigenvalue weighted by Crippen LogP contribution is -2.62. The normalized spacial score (nSPS) is 18.0. The number of hydrogen-bond donors (Lipinski definition) is 12. The van der Waals surface area contributed by atoms with Gasteiger partial charge in [-0.05, 0) is 70.4 Å². The number of amides is 7. The predicted octanol–water partition coefficient (Wildman–Crippen LogP) is -4.19. The zero-order chi connectivity index (χ0) is 40.4. The Morgan fingerprint density at radius 1 is 0.736 bits per heavy atom. The van der Waals surface area contributed by atoms with E-state index in [1.165, 1.54) is 6.92 Å². The summed E-state index contributed by atoms with van der Waals surface area (Å²) in [7, 11) is 0. The predicted molar refractivity (Wildman–Crippen MR) is 190 cm³/mol. The Labute approximate surface area is 309 Å². The minimum absolute atomic E-state index is 0.0165. The molecule has 1 aliphatic heterocycles. The first-order valence-electron chi connectivity index (χ1n) is 17.9. The molecule has 14 N–H and O–H groups in total. The number of primary amides is 1. The van der Waals surface area contributed by atoms with Crippen molar-refractivity contribution < 1.29 is 53.7 Å². The van der Waals surface area contributed by atoms with Crippen LogP contribution in [0.15, 0.2) is 0 Å². The number of hydrogen-bond acceptors (Lipinski definition) is 12. The van der Waals surface area contributed by atoms with E-state index in [-0.39, 0.29) is 25.3 Å². The Balaban J connectivity index is 3.19. The maximum absolute atomic E-state index is 13.6. The third kappa shape index (κ3) is 16.4. The third-order valence-electron chi connectivity index (χ3n) is 8.44. The summed E-state index contributed by atoms with van der Waals surface area (Å²) in [5.74, 6) is -8.12. The quantitative estimate of drug-likeness (QED) is 0.0416. The van der Waals surface area contributed by atoms with Crippen molar-refractivity contribution in [2.24, 2.45) is 23.3 Å². The highest BCUT2D eigenvalue weighted by Gasteiger charge is 2.36. The van der Waals surface area contributed by atoms with Crippen molar-refractivity contribution in [1.82, 2.24) is 37.2 Å². The second-order valence-corrected chi connectivity index (χ2v) is 14.0. The number of carboxylic acid groups (broad SMARTS) is 1. The largest absolute Gasteiger partial charge is 0.480 e. The molecule has 7 amide bonds. The van der Waals surface area contributed by atoms with E-state index in [2.05, 4.69) is 37.2 Å². The van der Waals surface area contributed by atoms with Crippen molar-refractivity contribution in [1.29, 1.82) is 0 Å². The summed E-state index contributed by atoms with van der Waals surface area (Å²) >= 11 is 0. The van der Waals surface area contributed by atoms with Gasteiger partial charge in [-0.1, -0.05) is 27.7 Å². The van der Waals surface area contributed by atoms with Gasteiger partial charge >= 0.3 is 5.97 Å². The number of carbonyl (C=O) groups excluding carboxylic acids is 7. The molecule has 1 aliphatic rings. The van der Waals surface area contributed by atoms with Gasteiger partial charge in [-0.25, -0.2) is 4.79 Å². The van der Waals surface area contributed by atoms with E-state index < -0.39 is 115 Å². The van der Waals surface area contributed by atoms with Crippen molar-refractivity contribution in [3.8, 4) is 0 Å². The lowest BCUT2D eigenvalue weighted by atomic mass is 10.0. The highest BCUT2D eigenvalue weighted by molar-refractivity contribution is 5.98. The highest BCUT2D eigenvalue weighted by Crippen LogP contribution is 2.10. The number of aliphatic hydroxyl groups is 2. The molecule has 0 spiro atoms. The zero-order valence-electron chi connectivity index (χ0n) is 31.1. The Morgan fingerprint density at radius 2 is 1.28 bits per heavy atom. The van der Waals surface area contributed by atoms with Crippen molar-refractivity contribution in [3.63, 3.8) is 0 Å². The third-order valence-corrected chi connectivity index (χ3v) is 8.44. The first-order chi connectivity index (χ1) is 24.8. The number of carbonyl (C=O) groups is 8. The number of aliphatic carboxylic acids is 1. The lowest BCUT2D eigenvalue weighted by molar-refractivity contribution is -0.144. The monoisotopic (exact) mass is 757 g/mol. The minimum Gasteiger partial charge on any atom is -0.480 e. The van der Waals surface area contributed by atoms with Crippen LogP contribution in [0, 0.1) is 11.8 Å². The van der Waals surface area contributed by atoms with Crippen LogP contribution in [0.3, 0.4) is 0 Å². The van der Waals surface area contributed by atoms with E-state index in [9.17, 15) is 53.7 Å². The molecule has 1 rings (SSSR count). The van der Waals surface area contributed by atoms with Crippen LogP contribution in [0.4, 0.5) is 0 Å². The average molecular weight is 758 g/mol. The second kappa shape index (κ2) is 23.3. The number of aliphatic hydroxyl groups excluding tert-OH is 2. The van der Waals surface area contributed by atoms with Gasteiger partial charge in [0.25, 0.3) is 0 Å². The van der Waals surface area contributed by atoms with Gasteiger partial charge in [-0.3, -0.25) is 33.6 Å². The van der Waals surface area contributed by atoms with Crippen LogP contribution in [-0.4, -0.2) is 131 Å². The minimum atomic E-state index is -1.66. The Hall–Kier alpha value is -4.40. The van der Waals surface area contributed by atoms with Crippen LogP contribution in [0.25, 0.3) is 0 Å². The molecule has 53 heavy (non-hydrogen) atoms. The molecule has 20 heteroatoms. The van der Waals surface area contributed by atoms with E-state index in [1.54, 1.807) is 27.7 Å². The second-order valence-electron chi connectivity index (χ2n) is 14.0. The van der Waals surface area contributed by atoms with Crippen molar-refractivity contribution in [3.05, 3.63) is 0 Å². The van der Waals surface area contributed by atoms with Crippen molar-refractivity contribution >= 4 is 47.3 Å². The summed E-state index contributed by atoms with van der Waals surface area (Å²) in [6.45, 7) is 7.78. The maximum Gasteiger partial charge on any atom is 0.326 e. The fourth-order valence-electron chi connectivity index (χ4n) is 5.48. The van der Waals surface area contributed by atoms with Crippen molar-refractivity contribution in [2.75, 3.05) is 19.7 Å². The standard InChI is InChI=1S/C33H59N9O11/c1-16(2)13-21(29(48)40-23(15-43)31(50)41-25(17(3)4)33(52)53)39-32(51)26(18(5)44)42-28(47)20(9-6-7-11-34)37-30(49)22(14-24(35)45)38-27(46)19-10-8-12-36-19/h16-23,25-26,36,43-44H,6-15,34H2,1-5H3,(H2,35,45)(H,37,49)(H,38,46)(H,39,51)(H,40,48)(H,41,50)(H,42,47)(H,52,53)/t18-,19+,20+,21+,22+,23+,25+,26+/m1/s1. The fraction of sp³-hybridized carbons (Fsp3) is 0.758. The SMILES string of the molecule is CC(C)C[C@H](NC(=O)[C@@H](NC(=O)[C@H](CCCCN)NC(=O)[C@H](CC(N)=O)NC(=O)[C@@H]1CCCN1)[C@@H](C)O)C(=O)N[C@@H](CO)C(=O)N[C@H](C(=O)O)C(C)C. The molecule has 0 aromatic rings. The first-order valence-corrected chi connectivity index (χ1v) is 17.9. The van der Waals surface area contributed by atoms with E-state index in [1.807, 2.05) is 0 Å². The average Bonchev–Trinajstić information content (AvgIpc) is 3.61. The first kappa shape index (κ1) is 46.6. The molecule has 302 valence electrons. The molecule has 0 saturated carbocycles. The van der Waals surface area contributed by atoms with Crippen molar-refractivity contribution in [2.45, 2.75) is 128 Å². The molecule has 0 bridgehead atoms. The molecular formula is C33H59N9O11. The van der Waals surface area contributed by atoms with Gasteiger partial charge in [0.1, 0.15) is 36.3 Å². The molecule has 8 atom stereocenters. The van der Waals surface area contributed by atoms with Gasteiger partial charge in [0.05, 0.1) is 25.2 Å². The Bertz CT molecular complexity index is 1270. The molecule has 1 fully saturated rings. The Morgan fingerprint density at radius 3 is 1.77 bits per heavy atom. The van der Waals surface area contributed by atoms with E-state index in [0.717, 1.165) is 6.42 Å². The molecule has 20 nitrogen and oxygen atoms in total. The summed E-state index contributed by atoms with van der Waals surface area (Å²) < 4.78 is 0. The van der Waals surface area contributed by atoms with E-state index in [0.29, 0.717) is 25.8 Å². The lowest BCUT2D eigenvalue weighted by Gasteiger charge is -2.29. The molecule has 0 unspecified atom stereocenters. The molecule has 1 heterocycles. The summed E-state index contributed by atoms with van der Waals surface area (Å²) in [6, 6.07) is -9.18. The van der Waals surface area contributed by atoms with Gasteiger partial charge in [0.2, 0.25) is 41.4 Å². The molecular weight excluding hydrogens is 698 g/mol. The Kier molecular flexibility index (Phi) is 20.5. The smallest absolute Gasteiger partial charge is 0.326 e. The van der Waals surface area contributed by atoms with Crippen LogP contribution in [0.2, 0.25) is 0 Å². The van der Waals surface area contributed by atoms with Gasteiger partial charge in [-0.15, -0.1) is 0 Å². The van der Waals surface area contributed by atoms with Crippen LogP contribution in [-0.2, 0) is 38.4 Å². The number of nitrogens with two attached hydrogens (primary N) is 2. The molecule has 0 aromatic heterocycles. The summed E-state index contributed by atoms with van der Waals surface area (Å²) in [4.78, 5) is 103. The highest BCUT2D eigenvalue weighted by atomic mass is 16.4. The van der Waals surface area contributed by atoms with E-state index in [4.69, 9.17) is 11.5 Å². The van der Waals surface area contributed by atoms with E-state index >= 15 is 0 Å². The molecule has 0 aromatic carbocycles. The van der Waals surface area contributed by atoms with Crippen LogP contribution in [0.1, 0.15) is 79.6 Å². The van der Waals surface area contributed by atoms with Gasteiger partial charge in [0, 0.05) is 0 Å². The van der Waals surface area contributed by atoms with Gasteiger partial charge in [0.15, 0.2) is 0 Å². The van der Waals surface area contributed by atoms with Gasteiger partial charge in [-0.2, -0.15) is 0 Å². The van der Waals surface area contributed by atoms with Crippen LogP contribution < -0.4 is 48.7 Å². The van der Waals surface area contributed by atoms with Gasteiger partial charge < -0.3 is 64.0 Å². The zero-order valence-corrected chi connectivity index (χ0v) is 31.1. The maximum atomic E-state index is 13.6. The molecule has 0 aliphatic carbocycles. The number of carboxylic acids is 1. The van der Waals surface area contributed by atoms with Crippen LogP contribution in [0.5, 0.6) is 0 Å². The van der Waals surface area contributed by atoms with Crippen LogP contribution >= 0.6 is 0 Å². The number of rotatable bonds is 24. The summed E-state index contributed by atoms with van der Waals surface area (Å²) in [5.41, 5.74) is 10.9. The topological polar surface area (TPSA) is 333 Å². The number of nitrogens with one attached hydrogen (secondary N) is 7. The fourth-order valence-corrected chi connectivity index (χ4v) is 5.48.